The highest BCUT2D eigenvalue weighted by molar-refractivity contribution is 7.13. The van der Waals surface area contributed by atoms with Crippen molar-refractivity contribution in [3.8, 4) is 10.6 Å². The summed E-state index contributed by atoms with van der Waals surface area (Å²) in [7, 11) is 0. The minimum atomic E-state index is -0.303. The van der Waals surface area contributed by atoms with Gasteiger partial charge in [-0.15, -0.1) is 11.3 Å². The Bertz CT molecular complexity index is 854. The number of aryl methyl sites for hydroxylation is 1. The molecule has 2 N–H and O–H groups in total. The van der Waals surface area contributed by atoms with Crippen molar-refractivity contribution in [2.45, 2.75) is 6.92 Å². The van der Waals surface area contributed by atoms with Crippen LogP contribution >= 0.6 is 11.3 Å². The number of hydrogen-bond donors (Lipinski definition) is 2. The molecule has 1 aromatic carbocycles. The van der Waals surface area contributed by atoms with Crippen LogP contribution in [-0.2, 0) is 0 Å². The molecule has 0 saturated heterocycles. The van der Waals surface area contributed by atoms with Crippen LogP contribution in [0.1, 0.15) is 26.6 Å². The fraction of sp³-hybridized carbons (Fsp3) is 0.167. The fourth-order valence-corrected chi connectivity index (χ4v) is 3.00. The van der Waals surface area contributed by atoms with E-state index in [0.717, 1.165) is 16.3 Å². The smallest absolute Gasteiger partial charge is 0.287 e. The lowest BCUT2D eigenvalue weighted by atomic mass is 10.1. The van der Waals surface area contributed by atoms with Gasteiger partial charge >= 0.3 is 0 Å². The third kappa shape index (κ3) is 4.33. The van der Waals surface area contributed by atoms with Crippen molar-refractivity contribution < 1.29 is 14.0 Å². The maximum atomic E-state index is 12.1. The molecule has 0 unspecified atom stereocenters. The zero-order valence-electron chi connectivity index (χ0n) is 13.6. The van der Waals surface area contributed by atoms with Crippen molar-refractivity contribution in [1.82, 2.24) is 15.6 Å². The molecule has 0 bridgehead atoms. The van der Waals surface area contributed by atoms with Crippen molar-refractivity contribution in [3.05, 3.63) is 65.1 Å². The SMILES string of the molecule is Cc1csc(-c2ccc(C(=O)NCCNC(=O)c3ccco3)cc2)n1. The Kier molecular flexibility index (Phi) is 5.25. The standard InChI is InChI=1S/C18H17N3O3S/c1-12-11-25-18(21-12)14-6-4-13(5-7-14)16(22)19-8-9-20-17(23)15-3-2-10-24-15/h2-7,10-11H,8-9H2,1H3,(H,19,22)(H,20,23). The zero-order valence-corrected chi connectivity index (χ0v) is 14.4. The lowest BCUT2D eigenvalue weighted by Crippen LogP contribution is -2.34. The van der Waals surface area contributed by atoms with Gasteiger partial charge in [0.25, 0.3) is 11.8 Å². The molecule has 3 aromatic rings. The molecule has 0 spiro atoms. The summed E-state index contributed by atoms with van der Waals surface area (Å²) in [6, 6.07) is 10.5. The molecule has 0 atom stereocenters. The van der Waals surface area contributed by atoms with E-state index in [0.29, 0.717) is 18.7 Å². The van der Waals surface area contributed by atoms with Gasteiger partial charge in [-0.05, 0) is 31.2 Å². The van der Waals surface area contributed by atoms with Crippen LogP contribution in [0.25, 0.3) is 10.6 Å². The van der Waals surface area contributed by atoms with Crippen molar-refractivity contribution >= 4 is 23.2 Å². The molecule has 2 heterocycles. The molecule has 0 fully saturated rings. The van der Waals surface area contributed by atoms with Crippen LogP contribution in [0.2, 0.25) is 0 Å². The van der Waals surface area contributed by atoms with Crippen LogP contribution < -0.4 is 10.6 Å². The van der Waals surface area contributed by atoms with Gasteiger partial charge in [0, 0.05) is 35.3 Å². The minimum absolute atomic E-state index is 0.186. The number of hydrogen-bond acceptors (Lipinski definition) is 5. The highest BCUT2D eigenvalue weighted by Crippen LogP contribution is 2.23. The molecule has 0 saturated carbocycles. The largest absolute Gasteiger partial charge is 0.459 e. The molecule has 128 valence electrons. The van der Waals surface area contributed by atoms with Crippen LogP contribution in [0.3, 0.4) is 0 Å². The summed E-state index contributed by atoms with van der Waals surface area (Å²) >= 11 is 1.58. The van der Waals surface area contributed by atoms with Gasteiger partial charge in [0.15, 0.2) is 5.76 Å². The van der Waals surface area contributed by atoms with E-state index in [1.807, 2.05) is 24.4 Å². The van der Waals surface area contributed by atoms with E-state index in [1.165, 1.54) is 6.26 Å². The molecule has 2 aromatic heterocycles. The van der Waals surface area contributed by atoms with Crippen LogP contribution in [0, 0.1) is 6.92 Å². The summed E-state index contributed by atoms with van der Waals surface area (Å²) in [6.45, 7) is 2.60. The van der Waals surface area contributed by atoms with E-state index < -0.39 is 0 Å². The molecule has 0 aliphatic rings. The van der Waals surface area contributed by atoms with Crippen molar-refractivity contribution in [2.75, 3.05) is 13.1 Å². The first-order valence-corrected chi connectivity index (χ1v) is 8.64. The van der Waals surface area contributed by atoms with E-state index in [4.69, 9.17) is 4.42 Å². The third-order valence-corrected chi connectivity index (χ3v) is 4.46. The molecule has 25 heavy (non-hydrogen) atoms. The number of furan rings is 1. The fourth-order valence-electron chi connectivity index (χ4n) is 2.20. The first kappa shape index (κ1) is 16.9. The third-order valence-electron chi connectivity index (χ3n) is 3.45. The highest BCUT2D eigenvalue weighted by Gasteiger charge is 2.09. The van der Waals surface area contributed by atoms with Gasteiger partial charge in [0.2, 0.25) is 0 Å². The Morgan fingerprint density at radius 1 is 1.08 bits per heavy atom. The van der Waals surface area contributed by atoms with Crippen molar-refractivity contribution in [1.29, 1.82) is 0 Å². The highest BCUT2D eigenvalue weighted by atomic mass is 32.1. The number of carbonyl (C=O) groups is 2. The van der Waals surface area contributed by atoms with Crippen LogP contribution in [-0.4, -0.2) is 29.9 Å². The van der Waals surface area contributed by atoms with Crippen LogP contribution in [0.4, 0.5) is 0 Å². The second kappa shape index (κ2) is 7.76. The molecular weight excluding hydrogens is 338 g/mol. The second-order valence-electron chi connectivity index (χ2n) is 5.36. The number of thiazole rings is 1. The summed E-state index contributed by atoms with van der Waals surface area (Å²) in [5.41, 5.74) is 2.54. The minimum Gasteiger partial charge on any atom is -0.459 e. The predicted molar refractivity (Wildman–Crippen MR) is 95.7 cm³/mol. The molecule has 0 aliphatic heterocycles. The van der Waals surface area contributed by atoms with E-state index in [2.05, 4.69) is 15.6 Å². The maximum absolute atomic E-state index is 12.1. The number of nitrogens with one attached hydrogen (secondary N) is 2. The van der Waals surface area contributed by atoms with Gasteiger partial charge in [-0.25, -0.2) is 4.98 Å². The Labute approximate surface area is 148 Å². The van der Waals surface area contributed by atoms with E-state index in [-0.39, 0.29) is 17.6 Å². The summed E-state index contributed by atoms with van der Waals surface area (Å²) < 4.78 is 4.99. The number of rotatable bonds is 6. The first-order chi connectivity index (χ1) is 12.1. The van der Waals surface area contributed by atoms with Gasteiger partial charge in [-0.1, -0.05) is 12.1 Å². The molecule has 7 heteroatoms. The molecule has 0 radical (unpaired) electrons. The number of nitrogens with zero attached hydrogens (tertiary/aromatic N) is 1. The Morgan fingerprint density at radius 3 is 2.40 bits per heavy atom. The van der Waals surface area contributed by atoms with Gasteiger partial charge in [-0.2, -0.15) is 0 Å². The summed E-state index contributed by atoms with van der Waals surface area (Å²) in [4.78, 5) is 28.2. The topological polar surface area (TPSA) is 84.2 Å². The number of amides is 2. The Hall–Kier alpha value is -2.93. The quantitative estimate of drug-likeness (QED) is 0.666. The van der Waals surface area contributed by atoms with Crippen molar-refractivity contribution in [3.63, 3.8) is 0 Å². The average Bonchev–Trinajstić information content (AvgIpc) is 3.30. The van der Waals surface area contributed by atoms with E-state index in [9.17, 15) is 9.59 Å². The first-order valence-electron chi connectivity index (χ1n) is 7.76. The summed E-state index contributed by atoms with van der Waals surface area (Å²) in [5.74, 6) is -0.240. The Balaban J connectivity index is 1.47. The summed E-state index contributed by atoms with van der Waals surface area (Å²) in [6.07, 6.45) is 1.44. The van der Waals surface area contributed by atoms with Gasteiger partial charge in [0.05, 0.1) is 6.26 Å². The number of carbonyl (C=O) groups excluding carboxylic acids is 2. The predicted octanol–water partition coefficient (Wildman–Crippen LogP) is 2.87. The lowest BCUT2D eigenvalue weighted by molar-refractivity contribution is 0.0910. The second-order valence-corrected chi connectivity index (χ2v) is 6.22. The van der Waals surface area contributed by atoms with E-state index >= 15 is 0 Å². The van der Waals surface area contributed by atoms with Gasteiger partial charge in [-0.3, -0.25) is 9.59 Å². The van der Waals surface area contributed by atoms with Crippen molar-refractivity contribution in [2.24, 2.45) is 0 Å². The number of benzene rings is 1. The molecule has 3 rings (SSSR count). The number of aromatic nitrogens is 1. The summed E-state index contributed by atoms with van der Waals surface area (Å²) in [5, 5.41) is 8.36. The van der Waals surface area contributed by atoms with Gasteiger partial charge in [0.1, 0.15) is 5.01 Å². The van der Waals surface area contributed by atoms with Gasteiger partial charge < -0.3 is 15.1 Å². The maximum Gasteiger partial charge on any atom is 0.287 e. The van der Waals surface area contributed by atoms with Crippen LogP contribution in [0.5, 0.6) is 0 Å². The normalized spacial score (nSPS) is 10.4. The van der Waals surface area contributed by atoms with Crippen LogP contribution in [0.15, 0.2) is 52.5 Å². The molecular formula is C18H17N3O3S. The molecule has 6 nitrogen and oxygen atoms in total. The van der Waals surface area contributed by atoms with E-state index in [1.54, 1.807) is 35.6 Å². The average molecular weight is 355 g/mol. The lowest BCUT2D eigenvalue weighted by Gasteiger charge is -2.06. The zero-order chi connectivity index (χ0) is 17.6. The Morgan fingerprint density at radius 2 is 1.80 bits per heavy atom. The molecule has 2 amide bonds. The monoisotopic (exact) mass is 355 g/mol. The molecule has 0 aliphatic carbocycles.